The molecule has 0 saturated carbocycles. The van der Waals surface area contributed by atoms with E-state index in [2.05, 4.69) is 4.98 Å². The van der Waals surface area contributed by atoms with Gasteiger partial charge in [0.2, 0.25) is 0 Å². The number of halogens is 1. The number of hydrogen-bond donors (Lipinski definition) is 1. The first-order valence-corrected chi connectivity index (χ1v) is 6.74. The summed E-state index contributed by atoms with van der Waals surface area (Å²) in [5.74, 6) is -1.33. The third-order valence-electron chi connectivity index (χ3n) is 2.53. The highest BCUT2D eigenvalue weighted by molar-refractivity contribution is 7.99. The Morgan fingerprint density at radius 1 is 1.55 bits per heavy atom. The Kier molecular flexibility index (Phi) is 4.29. The molecule has 20 heavy (non-hydrogen) atoms. The van der Waals surface area contributed by atoms with Crippen LogP contribution in [0.5, 0.6) is 5.75 Å². The smallest absolute Gasteiger partial charge is 0.313 e. The molecule has 5 nitrogen and oxygen atoms in total. The molecule has 0 saturated heterocycles. The number of carboxylic acid groups (broad SMARTS) is 1. The standard InChI is InChI=1S/C13H13FN2O3S/c1-8-6-16(13(15-8)20-7-12(17)18)9-3-4-10(14)11(5-9)19-2/h3-6H,7H2,1-2H3,(H,17,18). The lowest BCUT2D eigenvalue weighted by atomic mass is 10.3. The van der Waals surface area contributed by atoms with Crippen molar-refractivity contribution in [3.8, 4) is 11.4 Å². The number of aliphatic carboxylic acids is 1. The van der Waals surface area contributed by atoms with Crippen molar-refractivity contribution in [1.82, 2.24) is 9.55 Å². The monoisotopic (exact) mass is 296 g/mol. The van der Waals surface area contributed by atoms with E-state index in [1.54, 1.807) is 22.9 Å². The Labute approximate surface area is 119 Å². The third kappa shape index (κ3) is 3.11. The van der Waals surface area contributed by atoms with Gasteiger partial charge >= 0.3 is 5.97 Å². The van der Waals surface area contributed by atoms with Gasteiger partial charge in [-0.05, 0) is 19.1 Å². The fourth-order valence-electron chi connectivity index (χ4n) is 1.69. The average molecular weight is 296 g/mol. The molecule has 0 radical (unpaired) electrons. The van der Waals surface area contributed by atoms with E-state index in [9.17, 15) is 9.18 Å². The van der Waals surface area contributed by atoms with Gasteiger partial charge in [0, 0.05) is 12.3 Å². The highest BCUT2D eigenvalue weighted by Gasteiger charge is 2.12. The SMILES string of the molecule is COc1cc(-n2cc(C)nc2SCC(=O)O)ccc1F. The molecule has 0 amide bonds. The van der Waals surface area contributed by atoms with Crippen LogP contribution in [-0.2, 0) is 4.79 Å². The van der Waals surface area contributed by atoms with Crippen molar-refractivity contribution < 1.29 is 19.0 Å². The van der Waals surface area contributed by atoms with Crippen LogP contribution in [0.1, 0.15) is 5.69 Å². The number of nitrogens with zero attached hydrogens (tertiary/aromatic N) is 2. The summed E-state index contributed by atoms with van der Waals surface area (Å²) >= 11 is 1.11. The summed E-state index contributed by atoms with van der Waals surface area (Å²) in [5, 5.41) is 9.27. The van der Waals surface area contributed by atoms with Crippen molar-refractivity contribution in [3.63, 3.8) is 0 Å². The van der Waals surface area contributed by atoms with Crippen molar-refractivity contribution in [2.24, 2.45) is 0 Å². The molecule has 0 aliphatic rings. The molecule has 7 heteroatoms. The van der Waals surface area contributed by atoms with Gasteiger partial charge in [-0.25, -0.2) is 9.37 Å². The molecule has 2 rings (SSSR count). The first-order valence-electron chi connectivity index (χ1n) is 5.75. The molecule has 1 aromatic heterocycles. The molecular weight excluding hydrogens is 283 g/mol. The minimum absolute atomic E-state index is 0.0885. The van der Waals surface area contributed by atoms with E-state index in [1.807, 2.05) is 6.92 Å². The number of aryl methyl sites for hydroxylation is 1. The van der Waals surface area contributed by atoms with Gasteiger partial charge in [-0.3, -0.25) is 9.36 Å². The molecule has 1 aromatic carbocycles. The van der Waals surface area contributed by atoms with Crippen LogP contribution in [0.2, 0.25) is 0 Å². The van der Waals surface area contributed by atoms with Crippen molar-refractivity contribution in [3.05, 3.63) is 35.9 Å². The maximum Gasteiger partial charge on any atom is 0.313 e. The molecule has 0 unspecified atom stereocenters. The second kappa shape index (κ2) is 5.96. The number of rotatable bonds is 5. The zero-order chi connectivity index (χ0) is 14.7. The lowest BCUT2D eigenvalue weighted by Crippen LogP contribution is -2.02. The Balaban J connectivity index is 2.39. The van der Waals surface area contributed by atoms with Crippen molar-refractivity contribution in [2.75, 3.05) is 12.9 Å². The molecule has 0 atom stereocenters. The fourth-order valence-corrected chi connectivity index (χ4v) is 2.45. The van der Waals surface area contributed by atoms with Gasteiger partial charge in [-0.1, -0.05) is 11.8 Å². The number of carboxylic acids is 1. The first kappa shape index (κ1) is 14.4. The molecule has 106 valence electrons. The molecule has 0 aliphatic carbocycles. The number of methoxy groups -OCH3 is 1. The van der Waals surface area contributed by atoms with E-state index in [4.69, 9.17) is 9.84 Å². The van der Waals surface area contributed by atoms with Gasteiger partial charge in [0.15, 0.2) is 16.7 Å². The second-order valence-corrected chi connectivity index (χ2v) is 4.98. The maximum atomic E-state index is 13.4. The number of aromatic nitrogens is 2. The van der Waals surface area contributed by atoms with Crippen molar-refractivity contribution in [2.45, 2.75) is 12.1 Å². The van der Waals surface area contributed by atoms with Crippen LogP contribution < -0.4 is 4.74 Å². The van der Waals surface area contributed by atoms with Gasteiger partial charge in [0.25, 0.3) is 0 Å². The largest absolute Gasteiger partial charge is 0.494 e. The summed E-state index contributed by atoms with van der Waals surface area (Å²) in [5.41, 5.74) is 1.41. The highest BCUT2D eigenvalue weighted by Crippen LogP contribution is 2.26. The van der Waals surface area contributed by atoms with Gasteiger partial charge in [0.05, 0.1) is 24.2 Å². The molecule has 0 fully saturated rings. The Bertz CT molecular complexity index is 643. The number of carbonyl (C=O) groups is 1. The van der Waals surface area contributed by atoms with Crippen LogP contribution in [0, 0.1) is 12.7 Å². The van der Waals surface area contributed by atoms with Crippen LogP contribution in [-0.4, -0.2) is 33.5 Å². The molecule has 1 N–H and O–H groups in total. The van der Waals surface area contributed by atoms with E-state index < -0.39 is 11.8 Å². The van der Waals surface area contributed by atoms with E-state index in [1.165, 1.54) is 13.2 Å². The van der Waals surface area contributed by atoms with Crippen molar-refractivity contribution >= 4 is 17.7 Å². The number of hydrogen-bond acceptors (Lipinski definition) is 4. The van der Waals surface area contributed by atoms with Gasteiger partial charge < -0.3 is 9.84 Å². The summed E-state index contributed by atoms with van der Waals surface area (Å²) in [6.07, 6.45) is 1.76. The molecule has 0 aliphatic heterocycles. The second-order valence-electron chi connectivity index (χ2n) is 4.04. The summed E-state index contributed by atoms with van der Waals surface area (Å²) in [4.78, 5) is 14.9. The maximum absolute atomic E-state index is 13.4. The van der Waals surface area contributed by atoms with Crippen LogP contribution >= 0.6 is 11.8 Å². The van der Waals surface area contributed by atoms with E-state index in [0.717, 1.165) is 17.5 Å². The highest BCUT2D eigenvalue weighted by atomic mass is 32.2. The fraction of sp³-hybridized carbons (Fsp3) is 0.231. The molecular formula is C13H13FN2O3S. The number of benzene rings is 1. The zero-order valence-corrected chi connectivity index (χ0v) is 11.8. The van der Waals surface area contributed by atoms with Crippen LogP contribution in [0.25, 0.3) is 5.69 Å². The van der Waals surface area contributed by atoms with Gasteiger partial charge in [-0.2, -0.15) is 0 Å². The van der Waals surface area contributed by atoms with E-state index >= 15 is 0 Å². The lowest BCUT2D eigenvalue weighted by molar-refractivity contribution is -0.133. The van der Waals surface area contributed by atoms with Gasteiger partial charge in [-0.15, -0.1) is 0 Å². The average Bonchev–Trinajstić information content (AvgIpc) is 2.78. The summed E-state index contributed by atoms with van der Waals surface area (Å²) in [6, 6.07) is 4.43. The number of imidazole rings is 1. The van der Waals surface area contributed by atoms with Crippen LogP contribution in [0.3, 0.4) is 0 Å². The predicted octanol–water partition coefficient (Wildman–Crippen LogP) is 2.51. The quantitative estimate of drug-likeness (QED) is 0.859. The molecule has 0 spiro atoms. The first-order chi connectivity index (χ1) is 9.51. The van der Waals surface area contributed by atoms with Crippen LogP contribution in [0.4, 0.5) is 4.39 Å². The minimum atomic E-state index is -0.918. The van der Waals surface area contributed by atoms with E-state index in [0.29, 0.717) is 10.8 Å². The normalized spacial score (nSPS) is 10.6. The Morgan fingerprint density at radius 2 is 2.30 bits per heavy atom. The minimum Gasteiger partial charge on any atom is -0.494 e. The number of thioether (sulfide) groups is 1. The third-order valence-corrected chi connectivity index (χ3v) is 3.47. The van der Waals surface area contributed by atoms with E-state index in [-0.39, 0.29) is 11.5 Å². The number of ether oxygens (including phenoxy) is 1. The molecule has 0 bridgehead atoms. The summed E-state index contributed by atoms with van der Waals surface area (Å²) in [6.45, 7) is 1.81. The summed E-state index contributed by atoms with van der Waals surface area (Å²) in [7, 11) is 1.39. The Hall–Kier alpha value is -2.02. The Morgan fingerprint density at radius 3 is 2.95 bits per heavy atom. The lowest BCUT2D eigenvalue weighted by Gasteiger charge is -2.09. The predicted molar refractivity (Wildman–Crippen MR) is 73.2 cm³/mol. The molecule has 1 heterocycles. The zero-order valence-electron chi connectivity index (χ0n) is 11.0. The molecule has 2 aromatic rings. The van der Waals surface area contributed by atoms with Crippen molar-refractivity contribution in [1.29, 1.82) is 0 Å². The van der Waals surface area contributed by atoms with Crippen LogP contribution in [0.15, 0.2) is 29.6 Å². The van der Waals surface area contributed by atoms with Gasteiger partial charge in [0.1, 0.15) is 0 Å². The topological polar surface area (TPSA) is 64.4 Å². The summed E-state index contributed by atoms with van der Waals surface area (Å²) < 4.78 is 20.1.